The van der Waals surface area contributed by atoms with Gasteiger partial charge in [0.25, 0.3) is 5.91 Å². The van der Waals surface area contributed by atoms with Gasteiger partial charge < -0.3 is 19.7 Å². The summed E-state index contributed by atoms with van der Waals surface area (Å²) in [6, 6.07) is 0. The van der Waals surface area contributed by atoms with Crippen molar-refractivity contribution in [3.05, 3.63) is 0 Å². The van der Waals surface area contributed by atoms with E-state index >= 15 is 0 Å². The summed E-state index contributed by atoms with van der Waals surface area (Å²) in [5, 5.41) is 2.67. The van der Waals surface area contributed by atoms with E-state index in [1.807, 2.05) is 27.7 Å². The molecule has 0 bridgehead atoms. The van der Waals surface area contributed by atoms with Crippen LogP contribution in [-0.2, 0) is 14.3 Å². The molecule has 0 saturated carbocycles. The van der Waals surface area contributed by atoms with E-state index in [1.54, 1.807) is 11.9 Å². The maximum Gasteiger partial charge on any atom is 0.407 e. The van der Waals surface area contributed by atoms with Crippen molar-refractivity contribution in [2.24, 2.45) is 0 Å². The number of amides is 2. The molecule has 1 aliphatic rings. The summed E-state index contributed by atoms with van der Waals surface area (Å²) in [6.07, 6.45) is 0.502. The number of hydrogen-bond donors (Lipinski definition) is 1. The molecule has 0 unspecified atom stereocenters. The molecule has 6 heteroatoms. The summed E-state index contributed by atoms with van der Waals surface area (Å²) >= 11 is 0. The topological polar surface area (TPSA) is 67.9 Å². The molecule has 20 heavy (non-hydrogen) atoms. The number of likely N-dealkylation sites (N-methyl/N-ethyl adjacent to an activating group) is 1. The monoisotopic (exact) mass is 286 g/mol. The van der Waals surface area contributed by atoms with Gasteiger partial charge in [-0.1, -0.05) is 0 Å². The molecule has 2 atom stereocenters. The molecule has 0 aliphatic carbocycles. The van der Waals surface area contributed by atoms with E-state index in [-0.39, 0.29) is 18.1 Å². The summed E-state index contributed by atoms with van der Waals surface area (Å²) in [7, 11) is 1.76. The summed E-state index contributed by atoms with van der Waals surface area (Å²) in [5.74, 6) is 0.00673. The molecule has 1 fully saturated rings. The molecule has 1 saturated heterocycles. The lowest BCUT2D eigenvalue weighted by Crippen LogP contribution is -2.39. The van der Waals surface area contributed by atoms with Gasteiger partial charge in [0.1, 0.15) is 11.7 Å². The van der Waals surface area contributed by atoms with Crippen molar-refractivity contribution in [1.82, 2.24) is 10.2 Å². The van der Waals surface area contributed by atoms with Crippen LogP contribution in [0.4, 0.5) is 4.79 Å². The number of alkyl carbamates (subject to hydrolysis) is 1. The van der Waals surface area contributed by atoms with Crippen LogP contribution in [0.2, 0.25) is 0 Å². The van der Waals surface area contributed by atoms with Crippen molar-refractivity contribution in [2.75, 3.05) is 20.1 Å². The summed E-state index contributed by atoms with van der Waals surface area (Å²) < 4.78 is 10.8. The minimum atomic E-state index is -0.511. The Balaban J connectivity index is 2.31. The molecular weight excluding hydrogens is 260 g/mol. The van der Waals surface area contributed by atoms with Crippen LogP contribution in [0.3, 0.4) is 0 Å². The van der Waals surface area contributed by atoms with E-state index in [1.165, 1.54) is 0 Å². The van der Waals surface area contributed by atoms with Gasteiger partial charge >= 0.3 is 6.09 Å². The second-order valence-electron chi connectivity index (χ2n) is 6.06. The Hall–Kier alpha value is -1.30. The van der Waals surface area contributed by atoms with Crippen LogP contribution in [0, 0.1) is 0 Å². The van der Waals surface area contributed by atoms with Gasteiger partial charge in [-0.2, -0.15) is 0 Å². The van der Waals surface area contributed by atoms with Crippen molar-refractivity contribution >= 4 is 12.0 Å². The van der Waals surface area contributed by atoms with Gasteiger partial charge in [-0.3, -0.25) is 4.79 Å². The van der Waals surface area contributed by atoms with E-state index in [9.17, 15) is 9.59 Å². The van der Waals surface area contributed by atoms with Crippen LogP contribution in [0.25, 0.3) is 0 Å². The highest BCUT2D eigenvalue weighted by molar-refractivity contribution is 5.80. The normalized spacial score (nSPS) is 22.4. The number of hydrogen-bond acceptors (Lipinski definition) is 4. The first kappa shape index (κ1) is 16.8. The highest BCUT2D eigenvalue weighted by atomic mass is 16.6. The lowest BCUT2D eigenvalue weighted by atomic mass is 10.2. The average molecular weight is 286 g/mol. The molecule has 1 heterocycles. The molecular formula is C14H26N2O4. The van der Waals surface area contributed by atoms with Crippen LogP contribution in [0.1, 0.15) is 40.5 Å². The van der Waals surface area contributed by atoms with Crippen molar-refractivity contribution in [2.45, 2.75) is 58.3 Å². The van der Waals surface area contributed by atoms with Crippen molar-refractivity contribution in [1.29, 1.82) is 0 Å². The van der Waals surface area contributed by atoms with Crippen LogP contribution in [0.15, 0.2) is 0 Å². The fourth-order valence-electron chi connectivity index (χ4n) is 1.95. The molecule has 6 nitrogen and oxygen atoms in total. The Morgan fingerprint density at radius 3 is 2.55 bits per heavy atom. The first-order valence-corrected chi connectivity index (χ1v) is 7.10. The minimum Gasteiger partial charge on any atom is -0.444 e. The number of ether oxygens (including phenoxy) is 2. The summed E-state index contributed by atoms with van der Waals surface area (Å²) in [4.78, 5) is 25.1. The third-order valence-corrected chi connectivity index (χ3v) is 3.11. The van der Waals surface area contributed by atoms with Gasteiger partial charge in [0.05, 0.1) is 6.10 Å². The molecule has 0 spiro atoms. The Morgan fingerprint density at radius 1 is 1.35 bits per heavy atom. The van der Waals surface area contributed by atoms with Gasteiger partial charge in [-0.25, -0.2) is 4.79 Å². The quantitative estimate of drug-likeness (QED) is 0.851. The fourth-order valence-corrected chi connectivity index (χ4v) is 1.95. The van der Waals surface area contributed by atoms with Gasteiger partial charge in [-0.05, 0) is 40.5 Å². The molecule has 1 N–H and O–H groups in total. The summed E-state index contributed by atoms with van der Waals surface area (Å²) in [6.45, 7) is 8.40. The first-order chi connectivity index (χ1) is 9.23. The van der Waals surface area contributed by atoms with E-state index in [0.29, 0.717) is 19.5 Å². The van der Waals surface area contributed by atoms with Crippen LogP contribution in [0.5, 0.6) is 0 Å². The largest absolute Gasteiger partial charge is 0.444 e. The number of carbonyl (C=O) groups excluding carboxylic acids is 2. The maximum atomic E-state index is 11.9. The second kappa shape index (κ2) is 6.92. The lowest BCUT2D eigenvalue weighted by molar-refractivity contribution is -0.141. The second-order valence-corrected chi connectivity index (χ2v) is 6.06. The highest BCUT2D eigenvalue weighted by Crippen LogP contribution is 2.20. The first-order valence-electron chi connectivity index (χ1n) is 7.10. The van der Waals surface area contributed by atoms with E-state index in [4.69, 9.17) is 9.47 Å². The predicted octanol–water partition coefficient (Wildman–Crippen LogP) is 1.54. The molecule has 2 amide bonds. The van der Waals surface area contributed by atoms with Crippen molar-refractivity contribution in [3.63, 3.8) is 0 Å². The lowest BCUT2D eigenvalue weighted by Gasteiger charge is -2.21. The Bertz CT molecular complexity index is 352. The smallest absolute Gasteiger partial charge is 0.407 e. The van der Waals surface area contributed by atoms with Gasteiger partial charge in [0.2, 0.25) is 0 Å². The molecule has 0 aromatic heterocycles. The standard InChI is InChI=1S/C14H26N2O4/c1-6-16(5)12(17)11-8-7-10(19-11)9-15-13(18)20-14(2,3)4/h10-11H,6-9H2,1-5H3,(H,15,18)/t10-,11+/m1/s1. The van der Waals surface area contributed by atoms with Gasteiger partial charge in [0, 0.05) is 20.1 Å². The van der Waals surface area contributed by atoms with Crippen molar-refractivity contribution in [3.8, 4) is 0 Å². The maximum absolute atomic E-state index is 11.9. The van der Waals surface area contributed by atoms with E-state index in [2.05, 4.69) is 5.32 Å². The predicted molar refractivity (Wildman–Crippen MR) is 75.4 cm³/mol. The molecule has 0 aromatic rings. The average Bonchev–Trinajstić information content (AvgIpc) is 2.81. The number of nitrogens with one attached hydrogen (secondary N) is 1. The van der Waals surface area contributed by atoms with E-state index in [0.717, 1.165) is 6.42 Å². The third-order valence-electron chi connectivity index (χ3n) is 3.11. The van der Waals surface area contributed by atoms with Crippen molar-refractivity contribution < 1.29 is 19.1 Å². The number of nitrogens with zero attached hydrogens (tertiary/aromatic N) is 1. The van der Waals surface area contributed by atoms with E-state index < -0.39 is 11.7 Å². The zero-order valence-electron chi connectivity index (χ0n) is 13.1. The Kier molecular flexibility index (Phi) is 5.80. The number of rotatable bonds is 4. The third kappa shape index (κ3) is 5.36. The zero-order valence-corrected chi connectivity index (χ0v) is 13.1. The summed E-state index contributed by atoms with van der Waals surface area (Å²) in [5.41, 5.74) is -0.511. The SMILES string of the molecule is CCN(C)C(=O)[C@@H]1CC[C@H](CNC(=O)OC(C)(C)C)O1. The van der Waals surface area contributed by atoms with Crippen LogP contribution >= 0.6 is 0 Å². The van der Waals surface area contributed by atoms with Gasteiger partial charge in [0.15, 0.2) is 0 Å². The molecule has 116 valence electrons. The Labute approximate surface area is 120 Å². The Morgan fingerprint density at radius 2 is 2.00 bits per heavy atom. The van der Waals surface area contributed by atoms with Crippen LogP contribution in [-0.4, -0.2) is 54.8 Å². The molecule has 1 rings (SSSR count). The molecule has 0 aromatic carbocycles. The zero-order chi connectivity index (χ0) is 15.3. The minimum absolute atomic E-state index is 0.00673. The van der Waals surface area contributed by atoms with Crippen LogP contribution < -0.4 is 5.32 Å². The molecule has 1 aliphatic heterocycles. The number of carbonyl (C=O) groups is 2. The fraction of sp³-hybridized carbons (Fsp3) is 0.857. The van der Waals surface area contributed by atoms with Gasteiger partial charge in [-0.15, -0.1) is 0 Å². The highest BCUT2D eigenvalue weighted by Gasteiger charge is 2.32. The molecule has 0 radical (unpaired) electrons.